The van der Waals surface area contributed by atoms with Crippen molar-refractivity contribution in [2.45, 2.75) is 37.8 Å². The van der Waals surface area contributed by atoms with Crippen LogP contribution in [-0.2, 0) is 0 Å². The summed E-state index contributed by atoms with van der Waals surface area (Å²) in [7, 11) is -0.141. The van der Waals surface area contributed by atoms with Gasteiger partial charge in [0.2, 0.25) is 0 Å². The van der Waals surface area contributed by atoms with Gasteiger partial charge in [-0.1, -0.05) is 23.4 Å². The van der Waals surface area contributed by atoms with Gasteiger partial charge in [-0.05, 0) is 25.7 Å². The molecule has 0 N–H and O–H groups in total. The molecule has 1 saturated heterocycles. The lowest BCUT2D eigenvalue weighted by atomic mass is 10.1. The van der Waals surface area contributed by atoms with Crippen LogP contribution in [0.5, 0.6) is 0 Å². The second kappa shape index (κ2) is 2.29. The Hall–Kier alpha value is -0.0431. The van der Waals surface area contributed by atoms with Crippen molar-refractivity contribution in [2.24, 2.45) is 0 Å². The highest BCUT2D eigenvalue weighted by Gasteiger charge is 2.27. The van der Waals surface area contributed by atoms with Crippen LogP contribution in [0.4, 0.5) is 0 Å². The van der Waals surface area contributed by atoms with Gasteiger partial charge in [0.15, 0.2) is 0 Å². The van der Waals surface area contributed by atoms with Crippen LogP contribution in [0.2, 0.25) is 12.1 Å². The molecule has 0 atom stereocenters. The van der Waals surface area contributed by atoms with E-state index < -0.39 is 0 Å². The van der Waals surface area contributed by atoms with Crippen molar-refractivity contribution in [1.82, 2.24) is 0 Å². The Balaban J connectivity index is 1.99. The molecule has 0 unspecified atom stereocenters. The van der Waals surface area contributed by atoms with E-state index in [0.717, 1.165) is 0 Å². The lowest BCUT2D eigenvalue weighted by molar-refractivity contribution is 0.720. The van der Waals surface area contributed by atoms with E-state index in [0.29, 0.717) is 0 Å². The summed E-state index contributed by atoms with van der Waals surface area (Å²) in [4.78, 5) is 0. The average molecular weight is 138 g/mol. The monoisotopic (exact) mass is 138 g/mol. The van der Waals surface area contributed by atoms with Crippen LogP contribution >= 0.6 is 0 Å². The Kier molecular flexibility index (Phi) is 1.46. The molecule has 9 heavy (non-hydrogen) atoms. The van der Waals surface area contributed by atoms with Gasteiger partial charge in [0.1, 0.15) is 0 Å². The van der Waals surface area contributed by atoms with Gasteiger partial charge < -0.3 is 0 Å². The largest absolute Gasteiger partial charge is 0.0895 e. The Morgan fingerprint density at radius 2 is 2.11 bits per heavy atom. The summed E-state index contributed by atoms with van der Waals surface area (Å²) < 4.78 is 0. The average Bonchev–Trinajstić information content (AvgIpc) is 2.71. The molecule has 0 amide bonds. The summed E-state index contributed by atoms with van der Waals surface area (Å²) in [6, 6.07) is 3.26. The minimum absolute atomic E-state index is 0.141. The molecule has 1 heteroatoms. The summed E-state index contributed by atoms with van der Waals surface area (Å²) in [6.07, 6.45) is 8.39. The topological polar surface area (TPSA) is 0 Å². The van der Waals surface area contributed by atoms with Gasteiger partial charge in [0.25, 0.3) is 0 Å². The molecule has 1 aliphatic heterocycles. The first kappa shape index (κ1) is 5.72. The number of allylic oxidation sites excluding steroid dienone is 2. The lowest BCUT2D eigenvalue weighted by Gasteiger charge is -2.09. The van der Waals surface area contributed by atoms with Crippen molar-refractivity contribution in [1.29, 1.82) is 0 Å². The van der Waals surface area contributed by atoms with Crippen molar-refractivity contribution in [3.05, 3.63) is 11.3 Å². The molecule has 1 aliphatic carbocycles. The van der Waals surface area contributed by atoms with Gasteiger partial charge in [0, 0.05) is 0 Å². The smallest absolute Gasteiger partial charge is 0.0647 e. The highest BCUT2D eigenvalue weighted by atomic mass is 28.3. The maximum Gasteiger partial charge on any atom is 0.0647 e. The van der Waals surface area contributed by atoms with Gasteiger partial charge in [-0.25, -0.2) is 0 Å². The van der Waals surface area contributed by atoms with Crippen molar-refractivity contribution >= 4 is 8.80 Å². The fraction of sp³-hybridized carbons (Fsp3) is 0.750. The number of hydrogen-bond acceptors (Lipinski definition) is 0. The first-order valence-corrected chi connectivity index (χ1v) is 6.37. The second-order valence-corrected chi connectivity index (χ2v) is 6.59. The summed E-state index contributed by atoms with van der Waals surface area (Å²) in [5.41, 5.74) is 0. The number of hydrogen-bond donors (Lipinski definition) is 0. The van der Waals surface area contributed by atoms with E-state index in [1.54, 1.807) is 12.1 Å². The maximum atomic E-state index is 2.55. The van der Waals surface area contributed by atoms with E-state index in [-0.39, 0.29) is 8.80 Å². The fourth-order valence-electron chi connectivity index (χ4n) is 1.69. The molecule has 0 saturated carbocycles. The van der Waals surface area contributed by atoms with Crippen LogP contribution in [-0.4, -0.2) is 8.80 Å². The Morgan fingerprint density at radius 1 is 1.22 bits per heavy atom. The SMILES string of the molecule is C1=C([SiH]2CC2)CCCC1. The standard InChI is InChI=1S/C8H14Si/c1-2-4-8(5-3-1)9-6-7-9/h4,9H,1-3,5-7H2. The molecule has 0 spiro atoms. The predicted octanol–water partition coefficient (Wildman–Crippen LogP) is 2.27. The molecule has 0 aromatic rings. The molecule has 2 aliphatic rings. The van der Waals surface area contributed by atoms with Gasteiger partial charge >= 0.3 is 0 Å². The third kappa shape index (κ3) is 1.26. The molecule has 0 nitrogen and oxygen atoms in total. The molecule has 0 aromatic carbocycles. The van der Waals surface area contributed by atoms with Crippen LogP contribution in [0.15, 0.2) is 11.3 Å². The van der Waals surface area contributed by atoms with E-state index in [2.05, 4.69) is 6.08 Å². The molecule has 0 aromatic heterocycles. The molecule has 2 rings (SSSR count). The fourth-order valence-corrected chi connectivity index (χ4v) is 4.21. The third-order valence-corrected chi connectivity index (χ3v) is 5.16. The molecule has 0 bridgehead atoms. The van der Waals surface area contributed by atoms with Crippen LogP contribution in [0.1, 0.15) is 25.7 Å². The zero-order chi connectivity index (χ0) is 6.10. The van der Waals surface area contributed by atoms with Crippen molar-refractivity contribution < 1.29 is 0 Å². The van der Waals surface area contributed by atoms with Crippen molar-refractivity contribution in [2.75, 3.05) is 0 Å². The van der Waals surface area contributed by atoms with Crippen LogP contribution in [0, 0.1) is 0 Å². The molecule has 50 valence electrons. The maximum absolute atomic E-state index is 2.55. The van der Waals surface area contributed by atoms with Crippen LogP contribution < -0.4 is 0 Å². The van der Waals surface area contributed by atoms with Crippen LogP contribution in [0.25, 0.3) is 0 Å². The minimum Gasteiger partial charge on any atom is -0.0895 e. The van der Waals surface area contributed by atoms with E-state index in [1.165, 1.54) is 25.7 Å². The summed E-state index contributed by atoms with van der Waals surface area (Å²) in [5, 5.41) is 1.93. The molecule has 0 radical (unpaired) electrons. The predicted molar refractivity (Wildman–Crippen MR) is 43.3 cm³/mol. The Labute approximate surface area is 58.6 Å². The first-order valence-electron chi connectivity index (χ1n) is 4.16. The Morgan fingerprint density at radius 3 is 2.67 bits per heavy atom. The molecule has 1 heterocycles. The summed E-state index contributed by atoms with van der Waals surface area (Å²) >= 11 is 0. The Bertz CT molecular complexity index is 134. The number of rotatable bonds is 1. The van der Waals surface area contributed by atoms with E-state index in [1.807, 2.05) is 5.20 Å². The van der Waals surface area contributed by atoms with Gasteiger partial charge in [-0.3, -0.25) is 0 Å². The van der Waals surface area contributed by atoms with Gasteiger partial charge in [-0.15, -0.1) is 0 Å². The van der Waals surface area contributed by atoms with E-state index >= 15 is 0 Å². The normalized spacial score (nSPS) is 27.8. The summed E-state index contributed by atoms with van der Waals surface area (Å²) in [6.45, 7) is 0. The van der Waals surface area contributed by atoms with Gasteiger partial charge in [-0.2, -0.15) is 0 Å². The molecule has 1 fully saturated rings. The summed E-state index contributed by atoms with van der Waals surface area (Å²) in [5.74, 6) is 0. The van der Waals surface area contributed by atoms with Crippen LogP contribution in [0.3, 0.4) is 0 Å². The van der Waals surface area contributed by atoms with Crippen molar-refractivity contribution in [3.8, 4) is 0 Å². The lowest BCUT2D eigenvalue weighted by Crippen LogP contribution is -1.99. The second-order valence-electron chi connectivity index (χ2n) is 3.30. The highest BCUT2D eigenvalue weighted by molar-refractivity contribution is 6.76. The minimum atomic E-state index is -0.141. The van der Waals surface area contributed by atoms with E-state index in [9.17, 15) is 0 Å². The zero-order valence-corrected chi connectivity index (χ0v) is 7.05. The third-order valence-electron chi connectivity index (χ3n) is 2.43. The van der Waals surface area contributed by atoms with E-state index in [4.69, 9.17) is 0 Å². The molecular formula is C8H14Si. The first-order chi connectivity index (χ1) is 4.47. The van der Waals surface area contributed by atoms with Crippen molar-refractivity contribution in [3.63, 3.8) is 0 Å². The highest BCUT2D eigenvalue weighted by Crippen LogP contribution is 2.33. The zero-order valence-electron chi connectivity index (χ0n) is 5.90. The quantitative estimate of drug-likeness (QED) is 0.488. The molecular weight excluding hydrogens is 124 g/mol. The van der Waals surface area contributed by atoms with Gasteiger partial charge in [0.05, 0.1) is 8.80 Å².